The lowest BCUT2D eigenvalue weighted by Crippen LogP contribution is -2.56. The van der Waals surface area contributed by atoms with Crippen LogP contribution in [0.3, 0.4) is 0 Å². The fraction of sp³-hybridized carbons (Fsp3) is 0.773. The molecule has 0 aromatic carbocycles. The van der Waals surface area contributed by atoms with Gasteiger partial charge in [0.25, 0.3) is 0 Å². The molecule has 3 saturated carbocycles. The third-order valence-electron chi connectivity index (χ3n) is 8.90. The zero-order chi connectivity index (χ0) is 17.3. The molecule has 0 heterocycles. The Kier molecular flexibility index (Phi) is 3.50. The smallest absolute Gasteiger partial charge is 0.155 e. The molecule has 7 atom stereocenters. The molecule has 132 valence electrons. The molecule has 0 aromatic heterocycles. The van der Waals surface area contributed by atoms with E-state index in [1.54, 1.807) is 0 Å². The van der Waals surface area contributed by atoms with Crippen molar-refractivity contribution in [3.8, 4) is 0 Å². The number of carbonyl (C=O) groups is 1. The quantitative estimate of drug-likeness (QED) is 0.710. The van der Waals surface area contributed by atoms with Crippen LogP contribution in [0, 0.1) is 34.5 Å². The van der Waals surface area contributed by atoms with Crippen molar-refractivity contribution in [2.75, 3.05) is 0 Å². The summed E-state index contributed by atoms with van der Waals surface area (Å²) >= 11 is 0. The Labute approximate surface area is 146 Å². The van der Waals surface area contributed by atoms with Crippen LogP contribution in [0.2, 0.25) is 0 Å². The predicted molar refractivity (Wildman–Crippen MR) is 96.4 cm³/mol. The van der Waals surface area contributed by atoms with Gasteiger partial charge in [0, 0.05) is 11.8 Å². The number of carbonyl (C=O) groups excluding carboxylic acids is 1. The molecule has 0 aromatic rings. The topological polar surface area (TPSA) is 37.3 Å². The fourth-order valence-corrected chi connectivity index (χ4v) is 7.35. The van der Waals surface area contributed by atoms with Gasteiger partial charge < -0.3 is 5.11 Å². The van der Waals surface area contributed by atoms with E-state index in [-0.39, 0.29) is 10.8 Å². The Morgan fingerprint density at radius 1 is 1.17 bits per heavy atom. The molecular formula is C22H32O2. The largest absolute Gasteiger partial charge is 0.385 e. The highest BCUT2D eigenvalue weighted by atomic mass is 16.3. The lowest BCUT2D eigenvalue weighted by molar-refractivity contribution is -0.131. The highest BCUT2D eigenvalue weighted by Crippen LogP contribution is 2.68. The molecule has 4 unspecified atom stereocenters. The van der Waals surface area contributed by atoms with Crippen LogP contribution < -0.4 is 0 Å². The molecular weight excluding hydrogens is 296 g/mol. The number of allylic oxidation sites excluding steroid dienone is 2. The molecule has 2 nitrogen and oxygen atoms in total. The van der Waals surface area contributed by atoms with E-state index in [0.29, 0.717) is 29.5 Å². The van der Waals surface area contributed by atoms with E-state index < -0.39 is 5.60 Å². The maximum absolute atomic E-state index is 11.9. The van der Waals surface area contributed by atoms with Gasteiger partial charge in [-0.1, -0.05) is 26.5 Å². The van der Waals surface area contributed by atoms with Crippen LogP contribution >= 0.6 is 0 Å². The predicted octanol–water partition coefficient (Wildman–Crippen LogP) is 4.68. The van der Waals surface area contributed by atoms with Crippen molar-refractivity contribution in [3.63, 3.8) is 0 Å². The molecule has 2 heteroatoms. The Balaban J connectivity index is 1.69. The fourth-order valence-electron chi connectivity index (χ4n) is 7.35. The first-order chi connectivity index (χ1) is 11.2. The molecule has 0 radical (unpaired) electrons. The minimum Gasteiger partial charge on any atom is -0.385 e. The lowest BCUT2D eigenvalue weighted by Gasteiger charge is -2.60. The van der Waals surface area contributed by atoms with E-state index in [9.17, 15) is 9.90 Å². The summed E-state index contributed by atoms with van der Waals surface area (Å²) in [5, 5.41) is 11.4. The third-order valence-corrected chi connectivity index (χ3v) is 8.90. The van der Waals surface area contributed by atoms with Crippen LogP contribution in [0.15, 0.2) is 24.3 Å². The monoisotopic (exact) mass is 328 g/mol. The Bertz CT molecular complexity index is 619. The summed E-state index contributed by atoms with van der Waals surface area (Å²) in [5.74, 6) is 2.81. The van der Waals surface area contributed by atoms with Crippen LogP contribution in [-0.2, 0) is 4.79 Å². The first kappa shape index (κ1) is 16.6. The van der Waals surface area contributed by atoms with E-state index in [1.807, 2.05) is 13.0 Å². The average Bonchev–Trinajstić information content (AvgIpc) is 2.81. The summed E-state index contributed by atoms with van der Waals surface area (Å²) in [6.07, 6.45) is 11.5. The van der Waals surface area contributed by atoms with Gasteiger partial charge in [-0.2, -0.15) is 0 Å². The van der Waals surface area contributed by atoms with E-state index >= 15 is 0 Å². The van der Waals surface area contributed by atoms with Gasteiger partial charge in [-0.15, -0.1) is 0 Å². The molecule has 4 aliphatic carbocycles. The summed E-state index contributed by atoms with van der Waals surface area (Å²) in [4.78, 5) is 11.9. The van der Waals surface area contributed by atoms with Crippen LogP contribution in [0.5, 0.6) is 0 Å². The molecule has 0 saturated heterocycles. The number of aliphatic hydroxyl groups is 1. The number of hydrogen-bond donors (Lipinski definition) is 1. The molecule has 4 rings (SSSR count). The van der Waals surface area contributed by atoms with Gasteiger partial charge in [-0.3, -0.25) is 4.79 Å². The number of rotatable bonds is 1. The Hall–Kier alpha value is -0.890. The summed E-state index contributed by atoms with van der Waals surface area (Å²) in [5.41, 5.74) is 0.437. The molecule has 3 fully saturated rings. The van der Waals surface area contributed by atoms with Crippen molar-refractivity contribution in [1.29, 1.82) is 0 Å². The van der Waals surface area contributed by atoms with Crippen molar-refractivity contribution in [2.45, 2.75) is 71.3 Å². The van der Waals surface area contributed by atoms with Gasteiger partial charge in [0.15, 0.2) is 5.78 Å². The van der Waals surface area contributed by atoms with E-state index in [2.05, 4.69) is 26.5 Å². The maximum Gasteiger partial charge on any atom is 0.155 e. The molecule has 24 heavy (non-hydrogen) atoms. The average molecular weight is 328 g/mol. The highest BCUT2D eigenvalue weighted by Gasteiger charge is 2.64. The number of hydrogen-bond acceptors (Lipinski definition) is 2. The number of fused-ring (bicyclic) bond motifs is 5. The van der Waals surface area contributed by atoms with Crippen LogP contribution in [0.1, 0.15) is 65.7 Å². The van der Waals surface area contributed by atoms with Crippen molar-refractivity contribution >= 4 is 5.78 Å². The van der Waals surface area contributed by atoms with Crippen molar-refractivity contribution < 1.29 is 9.90 Å². The summed E-state index contributed by atoms with van der Waals surface area (Å²) in [6, 6.07) is 0. The summed E-state index contributed by atoms with van der Waals surface area (Å²) in [6.45, 7) is 10.9. The molecule has 0 aliphatic heterocycles. The van der Waals surface area contributed by atoms with Crippen molar-refractivity contribution in [3.05, 3.63) is 24.3 Å². The molecule has 4 aliphatic rings. The second kappa shape index (κ2) is 5.06. The molecule has 1 N–H and O–H groups in total. The van der Waals surface area contributed by atoms with E-state index in [0.717, 1.165) is 31.3 Å². The number of ketones is 1. The minimum absolute atomic E-state index is 0.0165. The SMILES string of the molecule is C=C(C)[C@@]1(O)CCC2C3CCC4CC(=O)C=C[C@]4(C)C3CC[C@@]21C. The van der Waals surface area contributed by atoms with Gasteiger partial charge >= 0.3 is 0 Å². The Morgan fingerprint density at radius 3 is 2.58 bits per heavy atom. The standard InChI is InChI=1S/C22H32O2/c1-14(2)22(24)12-9-19-17-6-5-15-13-16(23)7-10-20(15,3)18(17)8-11-21(19,22)4/h7,10,15,17-19,24H,1,5-6,8-9,11-13H2,2-4H3/t15?,17?,18?,19?,20-,21-,22-/m0/s1. The second-order valence-electron chi connectivity index (χ2n) is 9.66. The van der Waals surface area contributed by atoms with Crippen LogP contribution in [0.4, 0.5) is 0 Å². The van der Waals surface area contributed by atoms with E-state index in [1.165, 1.54) is 19.3 Å². The molecule has 0 amide bonds. The lowest BCUT2D eigenvalue weighted by atomic mass is 9.45. The first-order valence-electron chi connectivity index (χ1n) is 9.83. The van der Waals surface area contributed by atoms with Gasteiger partial charge in [-0.05, 0) is 86.2 Å². The summed E-state index contributed by atoms with van der Waals surface area (Å²) < 4.78 is 0. The maximum atomic E-state index is 11.9. The van der Waals surface area contributed by atoms with Crippen molar-refractivity contribution in [1.82, 2.24) is 0 Å². The first-order valence-corrected chi connectivity index (χ1v) is 9.83. The van der Waals surface area contributed by atoms with Crippen LogP contribution in [0.25, 0.3) is 0 Å². The second-order valence-corrected chi connectivity index (χ2v) is 9.66. The van der Waals surface area contributed by atoms with E-state index in [4.69, 9.17) is 0 Å². The molecule has 0 spiro atoms. The van der Waals surface area contributed by atoms with Crippen molar-refractivity contribution in [2.24, 2.45) is 34.5 Å². The highest BCUT2D eigenvalue weighted by molar-refractivity contribution is 5.91. The van der Waals surface area contributed by atoms with Gasteiger partial charge in [0.1, 0.15) is 0 Å². The van der Waals surface area contributed by atoms with Gasteiger partial charge in [0.2, 0.25) is 0 Å². The Morgan fingerprint density at radius 2 is 1.88 bits per heavy atom. The van der Waals surface area contributed by atoms with Crippen LogP contribution in [-0.4, -0.2) is 16.5 Å². The summed E-state index contributed by atoms with van der Waals surface area (Å²) in [7, 11) is 0. The molecule has 0 bridgehead atoms. The van der Waals surface area contributed by atoms with Gasteiger partial charge in [-0.25, -0.2) is 0 Å². The normalized spacial score (nSPS) is 53.2. The van der Waals surface area contributed by atoms with Gasteiger partial charge in [0.05, 0.1) is 5.60 Å². The zero-order valence-corrected chi connectivity index (χ0v) is 15.5. The minimum atomic E-state index is -0.682. The third kappa shape index (κ3) is 1.90. The zero-order valence-electron chi connectivity index (χ0n) is 15.5.